The van der Waals surface area contributed by atoms with E-state index in [0.717, 1.165) is 5.56 Å². The first kappa shape index (κ1) is 29.3. The predicted octanol–water partition coefficient (Wildman–Crippen LogP) is 3.06. The van der Waals surface area contributed by atoms with Crippen LogP contribution < -0.4 is 24.4 Å². The number of allylic oxidation sites excluding steroid dienone is 1. The molecule has 4 rings (SSSR count). The maximum atomic E-state index is 13.8. The number of rotatable bonds is 9. The largest absolute Gasteiger partial charge is 0.507 e. The quantitative estimate of drug-likeness (QED) is 0.271. The van der Waals surface area contributed by atoms with Gasteiger partial charge in [-0.15, -0.1) is 0 Å². The summed E-state index contributed by atoms with van der Waals surface area (Å²) in [5, 5.41) is 9.87. The molecule has 0 saturated carbocycles. The minimum atomic E-state index is -0.855. The molecule has 0 aliphatic carbocycles. The normalized spacial score (nSPS) is 14.8. The lowest BCUT2D eigenvalue weighted by Crippen LogP contribution is -2.40. The van der Waals surface area contributed by atoms with Gasteiger partial charge in [0, 0.05) is 0 Å². The van der Waals surface area contributed by atoms with Gasteiger partial charge in [-0.1, -0.05) is 23.5 Å². The Bertz CT molecular complexity index is 1670. The summed E-state index contributed by atoms with van der Waals surface area (Å²) in [6.45, 7) is 5.36. The second-order valence-electron chi connectivity index (χ2n) is 8.52. The topological polar surface area (TPSA) is 126 Å². The standard InChI is InChI=1S/C28H27IN2O8S/c1-5-37-21-13-17(8-10-20(21)39-14-23(33)36-4)25-24(27(35)38-6-2)15(3)30-28-31(25)26(34)22(40-28)12-16-7-9-19(32)18(29)11-16/h7-13,25,32H,5-6,14H2,1-4H3/b22-12-/t25-/m0/s1. The summed E-state index contributed by atoms with van der Waals surface area (Å²) in [5.41, 5.74) is 1.62. The average Bonchev–Trinajstić information content (AvgIpc) is 3.23. The van der Waals surface area contributed by atoms with Gasteiger partial charge in [-0.2, -0.15) is 0 Å². The number of esters is 2. The number of halogens is 1. The van der Waals surface area contributed by atoms with Crippen LogP contribution >= 0.6 is 33.9 Å². The fourth-order valence-electron chi connectivity index (χ4n) is 4.15. The monoisotopic (exact) mass is 678 g/mol. The third-order valence-electron chi connectivity index (χ3n) is 5.94. The number of carbonyl (C=O) groups is 2. The second kappa shape index (κ2) is 12.7. The van der Waals surface area contributed by atoms with Gasteiger partial charge in [0.05, 0.1) is 45.7 Å². The summed E-state index contributed by atoms with van der Waals surface area (Å²) in [4.78, 5) is 43.6. The number of ether oxygens (including phenoxy) is 4. The number of nitrogens with zero attached hydrogens (tertiary/aromatic N) is 2. The summed E-state index contributed by atoms with van der Waals surface area (Å²) in [5.74, 6) is -0.338. The fraction of sp³-hybridized carbons (Fsp3) is 0.286. The van der Waals surface area contributed by atoms with Gasteiger partial charge in [0.2, 0.25) is 0 Å². The molecule has 1 aliphatic rings. The summed E-state index contributed by atoms with van der Waals surface area (Å²) >= 11 is 3.22. The predicted molar refractivity (Wildman–Crippen MR) is 156 cm³/mol. The molecule has 0 bridgehead atoms. The summed E-state index contributed by atoms with van der Waals surface area (Å²) in [6, 6.07) is 9.19. The Morgan fingerprint density at radius 3 is 2.58 bits per heavy atom. The summed E-state index contributed by atoms with van der Waals surface area (Å²) in [7, 11) is 1.27. The number of phenols is 1. The molecule has 0 amide bonds. The second-order valence-corrected chi connectivity index (χ2v) is 10.7. The molecule has 2 aromatic carbocycles. The third kappa shape index (κ3) is 6.07. The molecular formula is C28H27IN2O8S. The van der Waals surface area contributed by atoms with Gasteiger partial charge in [-0.3, -0.25) is 9.36 Å². The first-order chi connectivity index (χ1) is 19.2. The SMILES string of the molecule is CCOC(=O)C1=C(C)N=c2s/c(=C\c3ccc(O)c(I)c3)c(=O)n2[C@H]1c1ccc(OCC(=O)OC)c(OCC)c1. The first-order valence-electron chi connectivity index (χ1n) is 12.3. The molecule has 40 heavy (non-hydrogen) atoms. The smallest absolute Gasteiger partial charge is 0.343 e. The molecule has 10 nitrogen and oxygen atoms in total. The van der Waals surface area contributed by atoms with Crippen LogP contribution in [-0.2, 0) is 19.1 Å². The number of benzene rings is 2. The van der Waals surface area contributed by atoms with E-state index < -0.39 is 18.0 Å². The number of thiazole rings is 1. The van der Waals surface area contributed by atoms with Gasteiger partial charge < -0.3 is 24.1 Å². The van der Waals surface area contributed by atoms with Crippen LogP contribution in [0.5, 0.6) is 17.2 Å². The Kier molecular flexibility index (Phi) is 9.30. The number of hydrogen-bond acceptors (Lipinski definition) is 10. The number of methoxy groups -OCH3 is 1. The van der Waals surface area contributed by atoms with Crippen LogP contribution in [0, 0.1) is 3.57 Å². The third-order valence-corrected chi connectivity index (χ3v) is 7.79. The number of aromatic hydroxyl groups is 1. The van der Waals surface area contributed by atoms with Crippen molar-refractivity contribution in [3.63, 3.8) is 0 Å². The molecule has 3 aromatic rings. The van der Waals surface area contributed by atoms with Crippen LogP contribution in [0.3, 0.4) is 0 Å². The van der Waals surface area contributed by atoms with E-state index in [4.69, 9.17) is 14.2 Å². The maximum absolute atomic E-state index is 13.8. The van der Waals surface area contributed by atoms with Crippen LogP contribution in [0.1, 0.15) is 37.9 Å². The van der Waals surface area contributed by atoms with Crippen LogP contribution in [0.4, 0.5) is 0 Å². The average molecular weight is 679 g/mol. The highest BCUT2D eigenvalue weighted by molar-refractivity contribution is 14.1. The highest BCUT2D eigenvalue weighted by Gasteiger charge is 2.34. The molecule has 12 heteroatoms. The molecule has 1 aromatic heterocycles. The molecule has 0 spiro atoms. The number of phenolic OH excluding ortho intramolecular Hbond substituents is 1. The van der Waals surface area contributed by atoms with E-state index in [1.807, 2.05) is 22.6 Å². The van der Waals surface area contributed by atoms with Crippen molar-refractivity contribution in [2.24, 2.45) is 4.99 Å². The Morgan fingerprint density at radius 1 is 1.12 bits per heavy atom. The molecule has 2 heterocycles. The molecule has 0 saturated heterocycles. The van der Waals surface area contributed by atoms with E-state index in [1.54, 1.807) is 63.2 Å². The number of fused-ring (bicyclic) bond motifs is 1. The highest BCUT2D eigenvalue weighted by Crippen LogP contribution is 2.36. The van der Waals surface area contributed by atoms with Gasteiger partial charge in [-0.05, 0) is 84.8 Å². The molecule has 0 unspecified atom stereocenters. The van der Waals surface area contributed by atoms with Crippen LogP contribution in [0.15, 0.2) is 57.5 Å². The van der Waals surface area contributed by atoms with Gasteiger partial charge >= 0.3 is 11.9 Å². The van der Waals surface area contributed by atoms with E-state index >= 15 is 0 Å². The van der Waals surface area contributed by atoms with Crippen molar-refractivity contribution in [3.05, 3.63) is 82.1 Å². The van der Waals surface area contributed by atoms with E-state index in [0.29, 0.717) is 42.3 Å². The Morgan fingerprint density at radius 2 is 1.90 bits per heavy atom. The van der Waals surface area contributed by atoms with E-state index in [1.165, 1.54) is 23.0 Å². The number of carbonyl (C=O) groups excluding carboxylic acids is 2. The first-order valence-corrected chi connectivity index (χ1v) is 14.2. The van der Waals surface area contributed by atoms with Crippen LogP contribution in [0.25, 0.3) is 6.08 Å². The minimum Gasteiger partial charge on any atom is -0.507 e. The molecule has 1 aliphatic heterocycles. The lowest BCUT2D eigenvalue weighted by Gasteiger charge is -2.25. The van der Waals surface area contributed by atoms with Crippen molar-refractivity contribution in [3.8, 4) is 17.2 Å². The minimum absolute atomic E-state index is 0.150. The molecular weight excluding hydrogens is 651 g/mol. The van der Waals surface area contributed by atoms with Crippen LogP contribution in [0.2, 0.25) is 0 Å². The lowest BCUT2D eigenvalue weighted by atomic mass is 9.95. The zero-order chi connectivity index (χ0) is 29.0. The zero-order valence-electron chi connectivity index (χ0n) is 22.2. The molecule has 0 radical (unpaired) electrons. The molecule has 1 N–H and O–H groups in total. The van der Waals surface area contributed by atoms with E-state index in [9.17, 15) is 19.5 Å². The van der Waals surface area contributed by atoms with Crippen molar-refractivity contribution in [1.29, 1.82) is 0 Å². The molecule has 210 valence electrons. The van der Waals surface area contributed by atoms with Crippen LogP contribution in [-0.4, -0.2) is 48.5 Å². The summed E-state index contributed by atoms with van der Waals surface area (Å²) in [6.07, 6.45) is 1.72. The van der Waals surface area contributed by atoms with Crippen molar-refractivity contribution < 1.29 is 33.6 Å². The van der Waals surface area contributed by atoms with E-state index in [-0.39, 0.29) is 30.1 Å². The van der Waals surface area contributed by atoms with Crippen molar-refractivity contribution >= 4 is 51.9 Å². The Balaban J connectivity index is 1.90. The van der Waals surface area contributed by atoms with Gasteiger partial charge in [-0.25, -0.2) is 14.6 Å². The van der Waals surface area contributed by atoms with Gasteiger partial charge in [0.25, 0.3) is 5.56 Å². The summed E-state index contributed by atoms with van der Waals surface area (Å²) < 4.78 is 23.9. The fourth-order valence-corrected chi connectivity index (χ4v) is 5.74. The van der Waals surface area contributed by atoms with Crippen molar-refractivity contribution in [2.75, 3.05) is 26.9 Å². The molecule has 0 fully saturated rings. The van der Waals surface area contributed by atoms with E-state index in [2.05, 4.69) is 9.73 Å². The van der Waals surface area contributed by atoms with Crippen molar-refractivity contribution in [1.82, 2.24) is 4.57 Å². The number of aromatic nitrogens is 1. The van der Waals surface area contributed by atoms with Crippen molar-refractivity contribution in [2.45, 2.75) is 26.8 Å². The lowest BCUT2D eigenvalue weighted by molar-refractivity contribution is -0.143. The van der Waals surface area contributed by atoms with Gasteiger partial charge in [0.1, 0.15) is 5.75 Å². The highest BCUT2D eigenvalue weighted by atomic mass is 127. The molecule has 1 atom stereocenters. The Labute approximate surface area is 247 Å². The zero-order valence-corrected chi connectivity index (χ0v) is 25.2. The van der Waals surface area contributed by atoms with Gasteiger partial charge in [0.15, 0.2) is 22.9 Å². The Hall–Kier alpha value is -3.65. The number of hydrogen-bond donors (Lipinski definition) is 1. The maximum Gasteiger partial charge on any atom is 0.343 e.